The summed E-state index contributed by atoms with van der Waals surface area (Å²) in [6.07, 6.45) is 0.00168. The molecular formula is C25H23F3N6O2. The molecule has 11 heteroatoms. The van der Waals surface area contributed by atoms with Gasteiger partial charge in [-0.2, -0.15) is 13.2 Å². The van der Waals surface area contributed by atoms with Crippen LogP contribution in [-0.4, -0.2) is 45.2 Å². The van der Waals surface area contributed by atoms with Crippen LogP contribution in [0.25, 0.3) is 11.0 Å². The number of fused-ring (bicyclic) bond motifs is 1. The molecule has 1 aliphatic heterocycles. The smallest absolute Gasteiger partial charge is 0.377 e. The number of rotatable bonds is 6. The van der Waals surface area contributed by atoms with Crippen molar-refractivity contribution in [3.05, 3.63) is 83.6 Å². The van der Waals surface area contributed by atoms with Gasteiger partial charge >= 0.3 is 6.18 Å². The third kappa shape index (κ3) is 4.87. The molecule has 3 aromatic heterocycles. The predicted molar refractivity (Wildman–Crippen MR) is 126 cm³/mol. The number of aromatic nitrogens is 4. The second-order valence-corrected chi connectivity index (χ2v) is 8.59. The summed E-state index contributed by atoms with van der Waals surface area (Å²) in [6.45, 7) is 1.80. The van der Waals surface area contributed by atoms with Gasteiger partial charge in [0.05, 0.1) is 42.3 Å². The van der Waals surface area contributed by atoms with Crippen molar-refractivity contribution < 1.29 is 22.7 Å². The van der Waals surface area contributed by atoms with E-state index in [2.05, 4.69) is 15.0 Å². The minimum atomic E-state index is -4.45. The molecule has 5 rings (SSSR count). The Kier molecular flexibility index (Phi) is 6.31. The van der Waals surface area contributed by atoms with Crippen LogP contribution in [-0.2, 0) is 28.7 Å². The van der Waals surface area contributed by atoms with Crippen molar-refractivity contribution in [1.29, 1.82) is 0 Å². The van der Waals surface area contributed by atoms with Crippen molar-refractivity contribution in [3.8, 4) is 0 Å². The molecule has 0 radical (unpaired) electrons. The van der Waals surface area contributed by atoms with Gasteiger partial charge in [0, 0.05) is 25.5 Å². The highest BCUT2D eigenvalue weighted by molar-refractivity contribution is 5.88. The minimum Gasteiger partial charge on any atom is -0.377 e. The first kappa shape index (κ1) is 23.7. The van der Waals surface area contributed by atoms with E-state index in [1.54, 1.807) is 0 Å². The molecule has 0 spiro atoms. The Morgan fingerprint density at radius 1 is 1.06 bits per heavy atom. The third-order valence-corrected chi connectivity index (χ3v) is 6.14. The highest BCUT2D eigenvalue weighted by Crippen LogP contribution is 2.34. The first-order valence-corrected chi connectivity index (χ1v) is 11.3. The van der Waals surface area contributed by atoms with E-state index in [1.807, 2.05) is 46.0 Å². The molecule has 8 nitrogen and oxygen atoms in total. The molecule has 0 unspecified atom stereocenters. The molecule has 1 aromatic carbocycles. The zero-order valence-corrected chi connectivity index (χ0v) is 19.2. The summed E-state index contributed by atoms with van der Waals surface area (Å²) in [5.41, 5.74) is 7.55. The van der Waals surface area contributed by atoms with E-state index in [-0.39, 0.29) is 25.0 Å². The zero-order chi connectivity index (χ0) is 25.3. The number of nitrogens with two attached hydrogens (primary N) is 1. The van der Waals surface area contributed by atoms with Gasteiger partial charge in [-0.15, -0.1) is 0 Å². The third-order valence-electron chi connectivity index (χ3n) is 6.14. The molecule has 1 aliphatic rings. The lowest BCUT2D eigenvalue weighted by molar-refractivity contribution is -0.137. The molecule has 0 saturated carbocycles. The molecule has 36 heavy (non-hydrogen) atoms. The minimum absolute atomic E-state index is 0.192. The van der Waals surface area contributed by atoms with Gasteiger partial charge in [0.2, 0.25) is 5.91 Å². The monoisotopic (exact) mass is 496 g/mol. The van der Waals surface area contributed by atoms with E-state index in [4.69, 9.17) is 10.5 Å². The number of pyridine rings is 1. The summed E-state index contributed by atoms with van der Waals surface area (Å²) >= 11 is 0. The van der Waals surface area contributed by atoms with Crippen molar-refractivity contribution in [1.82, 2.24) is 19.5 Å². The SMILES string of the molecule is NC(=O)Cc1ccc(Cn2ccc3c(N4CCOC[C@@H]4c4ccc(C(F)(F)F)cn4)ncnc32)cc1. The van der Waals surface area contributed by atoms with Crippen molar-refractivity contribution in [2.45, 2.75) is 25.2 Å². The number of halogens is 3. The summed E-state index contributed by atoms with van der Waals surface area (Å²) in [7, 11) is 0. The second-order valence-electron chi connectivity index (χ2n) is 8.59. The van der Waals surface area contributed by atoms with E-state index in [0.29, 0.717) is 31.2 Å². The molecule has 0 bridgehead atoms. The maximum Gasteiger partial charge on any atom is 0.417 e. The number of anilines is 1. The number of benzene rings is 1. The number of amides is 1. The Balaban J connectivity index is 1.43. The van der Waals surface area contributed by atoms with Crippen LogP contribution in [0.15, 0.2) is 61.2 Å². The van der Waals surface area contributed by atoms with Crippen molar-refractivity contribution in [2.75, 3.05) is 24.7 Å². The van der Waals surface area contributed by atoms with Crippen LogP contribution in [0.5, 0.6) is 0 Å². The Bertz CT molecular complexity index is 1370. The molecule has 186 valence electrons. The van der Waals surface area contributed by atoms with E-state index >= 15 is 0 Å². The fourth-order valence-electron chi connectivity index (χ4n) is 4.38. The van der Waals surface area contributed by atoms with Crippen molar-refractivity contribution in [3.63, 3.8) is 0 Å². The average Bonchev–Trinajstić information content (AvgIpc) is 3.27. The maximum absolute atomic E-state index is 13.0. The van der Waals surface area contributed by atoms with Gasteiger partial charge in [-0.05, 0) is 29.3 Å². The molecule has 2 N–H and O–H groups in total. The van der Waals surface area contributed by atoms with Gasteiger partial charge < -0.3 is 19.9 Å². The second kappa shape index (κ2) is 9.57. The fraction of sp³-hybridized carbons (Fsp3) is 0.280. The maximum atomic E-state index is 13.0. The number of primary amides is 1. The molecular weight excluding hydrogens is 473 g/mol. The zero-order valence-electron chi connectivity index (χ0n) is 19.2. The lowest BCUT2D eigenvalue weighted by Gasteiger charge is -2.36. The van der Waals surface area contributed by atoms with E-state index in [9.17, 15) is 18.0 Å². The number of carbonyl (C=O) groups is 1. The number of nitrogens with zero attached hydrogens (tertiary/aromatic N) is 5. The fourth-order valence-corrected chi connectivity index (χ4v) is 4.38. The summed E-state index contributed by atoms with van der Waals surface area (Å²) in [6, 6.07) is 11.6. The van der Waals surface area contributed by atoms with E-state index in [0.717, 1.165) is 34.4 Å². The van der Waals surface area contributed by atoms with Gasteiger partial charge in [0.15, 0.2) is 0 Å². The van der Waals surface area contributed by atoms with Crippen LogP contribution < -0.4 is 10.6 Å². The highest BCUT2D eigenvalue weighted by Gasteiger charge is 2.33. The predicted octanol–water partition coefficient (Wildman–Crippen LogP) is 3.50. The summed E-state index contributed by atoms with van der Waals surface area (Å²) in [4.78, 5) is 26.2. The standard InChI is InChI=1S/C25H23F3N6O2/c26-25(27,28)18-5-6-20(30-12-18)21-14-36-10-9-34(21)24-19-7-8-33(23(19)31-15-32-24)13-17-3-1-16(2-4-17)11-22(29)35/h1-8,12,15,21H,9-11,13-14H2,(H2,29,35)/t21-/m1/s1. The first-order valence-electron chi connectivity index (χ1n) is 11.3. The summed E-state index contributed by atoms with van der Waals surface area (Å²) < 4.78 is 46.6. The number of hydrogen-bond donors (Lipinski definition) is 1. The van der Waals surface area contributed by atoms with Crippen LogP contribution in [0, 0.1) is 0 Å². The van der Waals surface area contributed by atoms with Crippen LogP contribution >= 0.6 is 0 Å². The molecule has 4 aromatic rings. The summed E-state index contributed by atoms with van der Waals surface area (Å²) in [5, 5.41) is 0.821. The van der Waals surface area contributed by atoms with Gasteiger partial charge in [0.25, 0.3) is 0 Å². The quantitative estimate of drug-likeness (QED) is 0.439. The highest BCUT2D eigenvalue weighted by atomic mass is 19.4. The van der Waals surface area contributed by atoms with Crippen LogP contribution in [0.2, 0.25) is 0 Å². The number of alkyl halides is 3. The molecule has 1 atom stereocenters. The molecule has 4 heterocycles. The number of morpholine rings is 1. The van der Waals surface area contributed by atoms with Gasteiger partial charge in [0.1, 0.15) is 17.8 Å². The topological polar surface area (TPSA) is 99.2 Å². The first-order chi connectivity index (χ1) is 17.3. The van der Waals surface area contributed by atoms with Crippen molar-refractivity contribution >= 4 is 22.8 Å². The Morgan fingerprint density at radius 3 is 2.53 bits per heavy atom. The normalized spacial score (nSPS) is 16.4. The van der Waals surface area contributed by atoms with Crippen molar-refractivity contribution in [2.24, 2.45) is 5.73 Å². The Morgan fingerprint density at radius 2 is 1.83 bits per heavy atom. The molecule has 1 saturated heterocycles. The van der Waals surface area contributed by atoms with Crippen LogP contribution in [0.4, 0.5) is 19.0 Å². The van der Waals surface area contributed by atoms with Crippen LogP contribution in [0.1, 0.15) is 28.4 Å². The Hall–Kier alpha value is -3.99. The number of hydrogen-bond acceptors (Lipinski definition) is 6. The average molecular weight is 496 g/mol. The van der Waals surface area contributed by atoms with E-state index < -0.39 is 11.7 Å². The lowest BCUT2D eigenvalue weighted by Crippen LogP contribution is -2.40. The molecule has 0 aliphatic carbocycles. The number of carbonyl (C=O) groups excluding carboxylic acids is 1. The van der Waals surface area contributed by atoms with Crippen LogP contribution in [0.3, 0.4) is 0 Å². The number of ether oxygens (including phenoxy) is 1. The molecule has 1 fully saturated rings. The van der Waals surface area contributed by atoms with Gasteiger partial charge in [-0.1, -0.05) is 24.3 Å². The Labute approximate surface area is 204 Å². The molecule has 1 amide bonds. The summed E-state index contributed by atoms with van der Waals surface area (Å²) in [5.74, 6) is 0.293. The van der Waals surface area contributed by atoms with E-state index in [1.165, 1.54) is 12.4 Å². The largest absolute Gasteiger partial charge is 0.417 e. The van der Waals surface area contributed by atoms with Gasteiger partial charge in [-0.25, -0.2) is 9.97 Å². The lowest BCUT2D eigenvalue weighted by atomic mass is 10.1. The van der Waals surface area contributed by atoms with Gasteiger partial charge in [-0.3, -0.25) is 9.78 Å².